The van der Waals surface area contributed by atoms with Gasteiger partial charge in [0.25, 0.3) is 0 Å². The Balaban J connectivity index is 1.69. The zero-order valence-corrected chi connectivity index (χ0v) is 13.5. The van der Waals surface area contributed by atoms with Crippen LogP contribution in [0.2, 0.25) is 0 Å². The standard InChI is InChI=1S/C19H21N3O/c1-13-5-6-18-17(8-13)19(23)10-16(22-18)12-21-14(2)9-15-4-3-7-20-11-15/h3-8,10-11,14,21H,9,12H2,1-2H3,(H,22,23)/t14-/m0/s1. The van der Waals surface area contributed by atoms with E-state index in [1.807, 2.05) is 37.4 Å². The summed E-state index contributed by atoms with van der Waals surface area (Å²) >= 11 is 0. The van der Waals surface area contributed by atoms with Crippen molar-refractivity contribution in [3.8, 4) is 0 Å². The second kappa shape index (κ2) is 6.75. The number of H-pyrrole nitrogens is 1. The van der Waals surface area contributed by atoms with E-state index in [1.165, 1.54) is 5.56 Å². The molecule has 0 fully saturated rings. The summed E-state index contributed by atoms with van der Waals surface area (Å²) in [6.45, 7) is 4.77. The number of aryl methyl sites for hydroxylation is 1. The van der Waals surface area contributed by atoms with Crippen LogP contribution in [-0.4, -0.2) is 16.0 Å². The lowest BCUT2D eigenvalue weighted by molar-refractivity contribution is 0.540. The summed E-state index contributed by atoms with van der Waals surface area (Å²) in [6.07, 6.45) is 4.58. The third-order valence-corrected chi connectivity index (χ3v) is 3.95. The Labute approximate surface area is 135 Å². The van der Waals surface area contributed by atoms with E-state index in [1.54, 1.807) is 12.3 Å². The molecule has 118 valence electrons. The van der Waals surface area contributed by atoms with Crippen molar-refractivity contribution in [2.45, 2.75) is 32.9 Å². The monoisotopic (exact) mass is 307 g/mol. The molecule has 0 radical (unpaired) electrons. The summed E-state index contributed by atoms with van der Waals surface area (Å²) < 4.78 is 0. The maximum Gasteiger partial charge on any atom is 0.189 e. The van der Waals surface area contributed by atoms with Gasteiger partial charge in [0.1, 0.15) is 0 Å². The van der Waals surface area contributed by atoms with Crippen LogP contribution in [0.1, 0.15) is 23.7 Å². The minimum absolute atomic E-state index is 0.0687. The lowest BCUT2D eigenvalue weighted by Crippen LogP contribution is -2.28. The molecule has 0 saturated heterocycles. The SMILES string of the molecule is Cc1ccc2[nH]c(CN[C@@H](C)Cc3cccnc3)cc(=O)c2c1. The lowest BCUT2D eigenvalue weighted by atomic mass is 10.1. The third-order valence-electron chi connectivity index (χ3n) is 3.95. The minimum atomic E-state index is 0.0687. The molecule has 0 aliphatic carbocycles. The number of pyridine rings is 2. The summed E-state index contributed by atoms with van der Waals surface area (Å²) in [5, 5.41) is 4.20. The van der Waals surface area contributed by atoms with Gasteiger partial charge in [-0.05, 0) is 44.0 Å². The van der Waals surface area contributed by atoms with Gasteiger partial charge in [0.2, 0.25) is 0 Å². The van der Waals surface area contributed by atoms with E-state index >= 15 is 0 Å². The molecule has 4 heteroatoms. The van der Waals surface area contributed by atoms with Crippen molar-refractivity contribution in [2.75, 3.05) is 0 Å². The molecule has 0 bridgehead atoms. The van der Waals surface area contributed by atoms with E-state index in [4.69, 9.17) is 0 Å². The number of nitrogens with one attached hydrogen (secondary N) is 2. The molecule has 0 spiro atoms. The maximum absolute atomic E-state index is 12.2. The number of aromatic amines is 1. The van der Waals surface area contributed by atoms with Gasteiger partial charge in [-0.1, -0.05) is 17.7 Å². The summed E-state index contributed by atoms with van der Waals surface area (Å²) in [7, 11) is 0. The molecule has 3 rings (SSSR count). The van der Waals surface area contributed by atoms with Gasteiger partial charge in [-0.15, -0.1) is 0 Å². The Morgan fingerprint density at radius 2 is 2.13 bits per heavy atom. The molecule has 0 amide bonds. The predicted molar refractivity (Wildman–Crippen MR) is 93.5 cm³/mol. The molecule has 2 heterocycles. The first-order valence-electron chi connectivity index (χ1n) is 7.86. The van der Waals surface area contributed by atoms with Gasteiger partial charge in [-0.2, -0.15) is 0 Å². The van der Waals surface area contributed by atoms with E-state index < -0.39 is 0 Å². The Morgan fingerprint density at radius 1 is 1.26 bits per heavy atom. The maximum atomic E-state index is 12.2. The number of rotatable bonds is 5. The second-order valence-electron chi connectivity index (χ2n) is 6.06. The van der Waals surface area contributed by atoms with E-state index in [9.17, 15) is 4.79 Å². The van der Waals surface area contributed by atoms with Crippen LogP contribution in [-0.2, 0) is 13.0 Å². The van der Waals surface area contributed by atoms with Gasteiger partial charge in [-0.3, -0.25) is 9.78 Å². The van der Waals surface area contributed by atoms with Crippen LogP contribution < -0.4 is 10.7 Å². The molecule has 3 aromatic rings. The average molecular weight is 307 g/mol. The molecule has 0 saturated carbocycles. The van der Waals surface area contributed by atoms with Gasteiger partial charge in [0.05, 0.1) is 0 Å². The van der Waals surface area contributed by atoms with Crippen molar-refractivity contribution in [3.63, 3.8) is 0 Å². The van der Waals surface area contributed by atoms with Gasteiger partial charge in [-0.25, -0.2) is 0 Å². The molecule has 0 aliphatic rings. The first-order valence-corrected chi connectivity index (χ1v) is 7.86. The third kappa shape index (κ3) is 3.85. The Hall–Kier alpha value is -2.46. The summed E-state index contributed by atoms with van der Waals surface area (Å²) in [5.41, 5.74) is 4.16. The zero-order chi connectivity index (χ0) is 16.2. The number of hydrogen-bond acceptors (Lipinski definition) is 3. The van der Waals surface area contributed by atoms with Crippen molar-refractivity contribution < 1.29 is 0 Å². The summed E-state index contributed by atoms with van der Waals surface area (Å²) in [4.78, 5) is 19.7. The highest BCUT2D eigenvalue weighted by atomic mass is 16.1. The predicted octanol–water partition coefficient (Wildman–Crippen LogP) is 2.95. The number of aromatic nitrogens is 2. The fraction of sp³-hybridized carbons (Fsp3) is 0.263. The minimum Gasteiger partial charge on any atom is -0.357 e. The van der Waals surface area contributed by atoms with Crippen LogP contribution in [0.25, 0.3) is 10.9 Å². The molecule has 2 aromatic heterocycles. The van der Waals surface area contributed by atoms with Crippen LogP contribution >= 0.6 is 0 Å². The molecular weight excluding hydrogens is 286 g/mol. The molecule has 2 N–H and O–H groups in total. The Bertz CT molecular complexity index is 855. The van der Waals surface area contributed by atoms with Gasteiger partial charge < -0.3 is 10.3 Å². The van der Waals surface area contributed by atoms with E-state index in [0.29, 0.717) is 12.6 Å². The van der Waals surface area contributed by atoms with E-state index in [2.05, 4.69) is 28.3 Å². The highest BCUT2D eigenvalue weighted by Crippen LogP contribution is 2.11. The number of benzene rings is 1. The first kappa shape index (κ1) is 15.4. The molecule has 23 heavy (non-hydrogen) atoms. The van der Waals surface area contributed by atoms with Gasteiger partial charge in [0.15, 0.2) is 5.43 Å². The molecular formula is C19H21N3O. The smallest absolute Gasteiger partial charge is 0.189 e. The fourth-order valence-corrected chi connectivity index (χ4v) is 2.74. The average Bonchev–Trinajstić information content (AvgIpc) is 2.55. The van der Waals surface area contributed by atoms with Crippen LogP contribution in [0.3, 0.4) is 0 Å². The van der Waals surface area contributed by atoms with Crippen LogP contribution in [0.5, 0.6) is 0 Å². The topological polar surface area (TPSA) is 57.8 Å². The highest BCUT2D eigenvalue weighted by molar-refractivity contribution is 5.79. The van der Waals surface area contributed by atoms with Crippen molar-refractivity contribution in [2.24, 2.45) is 0 Å². The first-order chi connectivity index (χ1) is 11.1. The largest absolute Gasteiger partial charge is 0.357 e. The molecule has 4 nitrogen and oxygen atoms in total. The van der Waals surface area contributed by atoms with Crippen molar-refractivity contribution in [1.29, 1.82) is 0 Å². The normalized spacial score (nSPS) is 12.4. The molecule has 1 atom stereocenters. The van der Waals surface area contributed by atoms with Crippen LogP contribution in [0.4, 0.5) is 0 Å². The summed E-state index contributed by atoms with van der Waals surface area (Å²) in [5.74, 6) is 0. The zero-order valence-electron chi connectivity index (χ0n) is 13.5. The number of nitrogens with zero attached hydrogens (tertiary/aromatic N) is 1. The highest BCUT2D eigenvalue weighted by Gasteiger charge is 2.06. The van der Waals surface area contributed by atoms with E-state index in [0.717, 1.165) is 28.6 Å². The molecule has 1 aromatic carbocycles. The number of fused-ring (bicyclic) bond motifs is 1. The van der Waals surface area contributed by atoms with Crippen molar-refractivity contribution in [1.82, 2.24) is 15.3 Å². The quantitative estimate of drug-likeness (QED) is 0.762. The Morgan fingerprint density at radius 3 is 2.91 bits per heavy atom. The lowest BCUT2D eigenvalue weighted by Gasteiger charge is -2.14. The van der Waals surface area contributed by atoms with Crippen LogP contribution in [0.15, 0.2) is 53.6 Å². The second-order valence-corrected chi connectivity index (χ2v) is 6.06. The van der Waals surface area contributed by atoms with Gasteiger partial charge >= 0.3 is 0 Å². The Kier molecular flexibility index (Phi) is 4.53. The van der Waals surface area contributed by atoms with Crippen molar-refractivity contribution >= 4 is 10.9 Å². The molecule has 0 aliphatic heterocycles. The van der Waals surface area contributed by atoms with E-state index in [-0.39, 0.29) is 5.43 Å². The number of hydrogen-bond donors (Lipinski definition) is 2. The fourth-order valence-electron chi connectivity index (χ4n) is 2.74. The van der Waals surface area contributed by atoms with Crippen molar-refractivity contribution in [3.05, 3.63) is 75.8 Å². The van der Waals surface area contributed by atoms with Crippen LogP contribution in [0, 0.1) is 6.92 Å². The van der Waals surface area contributed by atoms with Gasteiger partial charge in [0, 0.05) is 47.6 Å². The summed E-state index contributed by atoms with van der Waals surface area (Å²) in [6, 6.07) is 11.9. The molecule has 0 unspecified atom stereocenters.